The van der Waals surface area contributed by atoms with Crippen molar-refractivity contribution < 1.29 is 9.47 Å². The minimum atomic E-state index is 0.586. The van der Waals surface area contributed by atoms with E-state index in [-0.39, 0.29) is 0 Å². The lowest BCUT2D eigenvalue weighted by atomic mass is 10.2. The number of aromatic nitrogens is 1. The maximum absolute atomic E-state index is 5.90. The van der Waals surface area contributed by atoms with E-state index in [1.165, 1.54) is 6.42 Å². The molecule has 0 aliphatic carbocycles. The molecule has 0 saturated carbocycles. The van der Waals surface area contributed by atoms with Crippen LogP contribution in [0.15, 0.2) is 42.7 Å². The largest absolute Gasteiger partial charge is 0.497 e. The number of pyridine rings is 1. The second-order valence-corrected chi connectivity index (χ2v) is 5.80. The molecule has 114 valence electrons. The van der Waals surface area contributed by atoms with Gasteiger partial charge in [0.25, 0.3) is 0 Å². The van der Waals surface area contributed by atoms with Crippen molar-refractivity contribution in [3.05, 3.63) is 42.7 Å². The summed E-state index contributed by atoms with van der Waals surface area (Å²) < 4.78 is 11.1. The van der Waals surface area contributed by atoms with E-state index in [2.05, 4.69) is 21.3 Å². The fourth-order valence-corrected chi connectivity index (χ4v) is 3.28. The SMILES string of the molecule is COc1ccc(Oc2cncc(N3C[C@H]4C[C@H]3CN4)c2)cc1. The molecule has 2 bridgehead atoms. The van der Waals surface area contributed by atoms with Crippen LogP contribution in [-0.4, -0.2) is 37.3 Å². The normalized spacial score (nSPS) is 22.9. The molecule has 1 N–H and O–H groups in total. The number of hydrogen-bond acceptors (Lipinski definition) is 5. The van der Waals surface area contributed by atoms with Crippen molar-refractivity contribution in [1.82, 2.24) is 10.3 Å². The van der Waals surface area contributed by atoms with E-state index in [0.717, 1.165) is 36.0 Å². The fraction of sp³-hybridized carbons (Fsp3) is 0.353. The van der Waals surface area contributed by atoms with Crippen molar-refractivity contribution in [2.45, 2.75) is 18.5 Å². The number of fused-ring (bicyclic) bond motifs is 2. The first kappa shape index (κ1) is 13.4. The summed E-state index contributed by atoms with van der Waals surface area (Å²) in [5.41, 5.74) is 1.14. The van der Waals surface area contributed by atoms with Gasteiger partial charge in [-0.3, -0.25) is 4.98 Å². The molecule has 2 fully saturated rings. The lowest BCUT2D eigenvalue weighted by Crippen LogP contribution is -2.43. The maximum Gasteiger partial charge on any atom is 0.147 e. The zero-order valence-corrected chi connectivity index (χ0v) is 12.5. The molecule has 1 aromatic carbocycles. The van der Waals surface area contributed by atoms with Crippen molar-refractivity contribution in [3.8, 4) is 17.2 Å². The Balaban J connectivity index is 1.51. The number of anilines is 1. The van der Waals surface area contributed by atoms with E-state index in [0.29, 0.717) is 12.1 Å². The van der Waals surface area contributed by atoms with E-state index in [9.17, 15) is 0 Å². The third-order valence-corrected chi connectivity index (χ3v) is 4.38. The van der Waals surface area contributed by atoms with Crippen LogP contribution in [-0.2, 0) is 0 Å². The molecule has 2 saturated heterocycles. The average Bonchev–Trinajstić information content (AvgIpc) is 3.19. The lowest BCUT2D eigenvalue weighted by Gasteiger charge is -2.29. The van der Waals surface area contributed by atoms with Crippen LogP contribution in [0.3, 0.4) is 0 Å². The molecule has 2 aliphatic rings. The Morgan fingerprint density at radius 3 is 2.64 bits per heavy atom. The van der Waals surface area contributed by atoms with Gasteiger partial charge in [0.2, 0.25) is 0 Å². The first-order valence-electron chi connectivity index (χ1n) is 7.59. The van der Waals surface area contributed by atoms with E-state index in [1.54, 1.807) is 13.3 Å². The minimum Gasteiger partial charge on any atom is -0.497 e. The highest BCUT2D eigenvalue weighted by molar-refractivity contribution is 5.52. The molecule has 5 nitrogen and oxygen atoms in total. The number of hydrogen-bond donors (Lipinski definition) is 1. The second kappa shape index (κ2) is 5.50. The van der Waals surface area contributed by atoms with Gasteiger partial charge >= 0.3 is 0 Å². The Morgan fingerprint density at radius 2 is 1.95 bits per heavy atom. The lowest BCUT2D eigenvalue weighted by molar-refractivity contribution is 0.412. The zero-order valence-electron chi connectivity index (χ0n) is 12.5. The predicted octanol–water partition coefficient (Wildman–Crippen LogP) is 2.43. The van der Waals surface area contributed by atoms with Gasteiger partial charge in [-0.2, -0.15) is 0 Å². The number of nitrogens with one attached hydrogen (secondary N) is 1. The molecule has 0 spiro atoms. The predicted molar refractivity (Wildman–Crippen MR) is 84.8 cm³/mol. The van der Waals surface area contributed by atoms with Gasteiger partial charge in [0.1, 0.15) is 17.2 Å². The first-order chi connectivity index (χ1) is 10.8. The first-order valence-corrected chi connectivity index (χ1v) is 7.59. The van der Waals surface area contributed by atoms with Crippen LogP contribution < -0.4 is 19.7 Å². The van der Waals surface area contributed by atoms with Crippen LogP contribution in [0.2, 0.25) is 0 Å². The Kier molecular flexibility index (Phi) is 3.35. The Hall–Kier alpha value is -2.27. The Bertz CT molecular complexity index is 659. The minimum absolute atomic E-state index is 0.586. The van der Waals surface area contributed by atoms with Gasteiger partial charge in [0.15, 0.2) is 0 Å². The number of rotatable bonds is 4. The highest BCUT2D eigenvalue weighted by Crippen LogP contribution is 2.32. The van der Waals surface area contributed by atoms with E-state index in [4.69, 9.17) is 9.47 Å². The molecule has 3 heterocycles. The van der Waals surface area contributed by atoms with E-state index in [1.807, 2.05) is 30.5 Å². The van der Waals surface area contributed by atoms with Crippen molar-refractivity contribution >= 4 is 5.69 Å². The molecular formula is C17H19N3O2. The van der Waals surface area contributed by atoms with Gasteiger partial charge in [0, 0.05) is 31.2 Å². The van der Waals surface area contributed by atoms with Crippen molar-refractivity contribution in [2.24, 2.45) is 0 Å². The molecule has 0 radical (unpaired) electrons. The van der Waals surface area contributed by atoms with Crippen LogP contribution >= 0.6 is 0 Å². The summed E-state index contributed by atoms with van der Waals surface area (Å²) >= 11 is 0. The van der Waals surface area contributed by atoms with Crippen LogP contribution in [0.4, 0.5) is 5.69 Å². The molecule has 0 unspecified atom stereocenters. The van der Waals surface area contributed by atoms with Gasteiger partial charge < -0.3 is 19.7 Å². The van der Waals surface area contributed by atoms with Gasteiger partial charge in [-0.1, -0.05) is 0 Å². The van der Waals surface area contributed by atoms with Gasteiger partial charge in [-0.15, -0.1) is 0 Å². The van der Waals surface area contributed by atoms with Crippen LogP contribution in [0.25, 0.3) is 0 Å². The quantitative estimate of drug-likeness (QED) is 0.939. The van der Waals surface area contributed by atoms with Gasteiger partial charge in [0.05, 0.1) is 25.2 Å². The van der Waals surface area contributed by atoms with E-state index >= 15 is 0 Å². The topological polar surface area (TPSA) is 46.6 Å². The maximum atomic E-state index is 5.90. The summed E-state index contributed by atoms with van der Waals surface area (Å²) in [6.07, 6.45) is 4.89. The van der Waals surface area contributed by atoms with Crippen molar-refractivity contribution in [3.63, 3.8) is 0 Å². The number of piperazine rings is 1. The van der Waals surface area contributed by atoms with Gasteiger partial charge in [-0.25, -0.2) is 0 Å². The average molecular weight is 297 g/mol. The highest BCUT2D eigenvalue weighted by atomic mass is 16.5. The fourth-order valence-electron chi connectivity index (χ4n) is 3.28. The summed E-state index contributed by atoms with van der Waals surface area (Å²) in [6, 6.07) is 10.8. The summed E-state index contributed by atoms with van der Waals surface area (Å²) in [5.74, 6) is 2.36. The number of methoxy groups -OCH3 is 1. The molecule has 2 atom stereocenters. The van der Waals surface area contributed by atoms with Crippen LogP contribution in [0.5, 0.6) is 17.2 Å². The van der Waals surface area contributed by atoms with Gasteiger partial charge in [-0.05, 0) is 30.7 Å². The van der Waals surface area contributed by atoms with Crippen LogP contribution in [0, 0.1) is 0 Å². The third kappa shape index (κ3) is 2.48. The molecule has 0 amide bonds. The standard InChI is InChI=1S/C17H19N3O2/c1-21-15-2-4-16(5-3-15)22-17-7-14(8-18-10-17)20-11-12-6-13(20)9-19-12/h2-5,7-8,10,12-13,19H,6,9,11H2,1H3/t12-,13+/m1/s1. The Morgan fingerprint density at radius 1 is 1.14 bits per heavy atom. The molecule has 2 aliphatic heterocycles. The number of ether oxygens (including phenoxy) is 2. The molecule has 5 heteroatoms. The second-order valence-electron chi connectivity index (χ2n) is 5.80. The number of benzene rings is 1. The Labute approximate surface area is 129 Å². The molecule has 1 aromatic heterocycles. The van der Waals surface area contributed by atoms with E-state index < -0.39 is 0 Å². The molecule has 2 aromatic rings. The summed E-state index contributed by atoms with van der Waals surface area (Å²) in [5, 5.41) is 3.52. The van der Waals surface area contributed by atoms with Crippen LogP contribution in [0.1, 0.15) is 6.42 Å². The summed E-state index contributed by atoms with van der Waals surface area (Å²) in [4.78, 5) is 6.76. The molecule has 4 rings (SSSR count). The highest BCUT2D eigenvalue weighted by Gasteiger charge is 2.37. The zero-order chi connectivity index (χ0) is 14.9. The molecule has 22 heavy (non-hydrogen) atoms. The third-order valence-electron chi connectivity index (χ3n) is 4.38. The van der Waals surface area contributed by atoms with Crippen molar-refractivity contribution in [2.75, 3.05) is 25.1 Å². The monoisotopic (exact) mass is 297 g/mol. The molecular weight excluding hydrogens is 278 g/mol. The summed E-state index contributed by atoms with van der Waals surface area (Å²) in [6.45, 7) is 2.12. The smallest absolute Gasteiger partial charge is 0.147 e. The number of nitrogens with zero attached hydrogens (tertiary/aromatic N) is 2. The summed E-state index contributed by atoms with van der Waals surface area (Å²) in [7, 11) is 1.65. The van der Waals surface area contributed by atoms with Crippen molar-refractivity contribution in [1.29, 1.82) is 0 Å².